The van der Waals surface area contributed by atoms with E-state index in [0.29, 0.717) is 5.69 Å². The van der Waals surface area contributed by atoms with Crippen molar-refractivity contribution in [2.75, 3.05) is 25.5 Å². The number of imide groups is 1. The fraction of sp³-hybridized carbons (Fsp3) is 0.333. The zero-order valence-corrected chi connectivity index (χ0v) is 13.2. The number of benzene rings is 1. The minimum absolute atomic E-state index is 0.0668. The van der Waals surface area contributed by atoms with Crippen molar-refractivity contribution in [3.63, 3.8) is 0 Å². The number of rotatable bonds is 3. The summed E-state index contributed by atoms with van der Waals surface area (Å²) in [6, 6.07) is 5.06. The molecular weight excluding hydrogens is 298 g/mol. The Morgan fingerprint density at radius 2 is 2.04 bits per heavy atom. The van der Waals surface area contributed by atoms with Crippen LogP contribution in [0.4, 0.5) is 10.5 Å². The van der Waals surface area contributed by atoms with Crippen molar-refractivity contribution in [2.45, 2.75) is 6.92 Å². The molecule has 1 aromatic carbocycles. The van der Waals surface area contributed by atoms with Crippen LogP contribution < -0.4 is 5.32 Å². The molecule has 0 aliphatic carbocycles. The molecular formula is C15H17N5O3. The van der Waals surface area contributed by atoms with Gasteiger partial charge >= 0.3 is 6.03 Å². The highest BCUT2D eigenvalue weighted by molar-refractivity contribution is 6.04. The number of hydrogen-bond acceptors (Lipinski definition) is 4. The number of nitrogens with zero attached hydrogens (tertiary/aromatic N) is 4. The van der Waals surface area contributed by atoms with Crippen LogP contribution in [0.3, 0.4) is 0 Å². The van der Waals surface area contributed by atoms with E-state index < -0.39 is 6.03 Å². The summed E-state index contributed by atoms with van der Waals surface area (Å²) in [5, 5.41) is 8.09. The van der Waals surface area contributed by atoms with Crippen LogP contribution in [-0.4, -0.2) is 57.6 Å². The summed E-state index contributed by atoms with van der Waals surface area (Å²) in [4.78, 5) is 37.5. The summed E-state index contributed by atoms with van der Waals surface area (Å²) in [7, 11) is 3.24. The van der Waals surface area contributed by atoms with Gasteiger partial charge in [-0.05, 0) is 25.1 Å². The van der Waals surface area contributed by atoms with Gasteiger partial charge in [-0.1, -0.05) is 0 Å². The van der Waals surface area contributed by atoms with Gasteiger partial charge in [0, 0.05) is 25.2 Å². The van der Waals surface area contributed by atoms with Crippen molar-refractivity contribution in [1.82, 2.24) is 19.6 Å². The molecule has 1 aliphatic heterocycles. The summed E-state index contributed by atoms with van der Waals surface area (Å²) in [6.45, 7) is 1.70. The van der Waals surface area contributed by atoms with Crippen LogP contribution >= 0.6 is 0 Å². The Morgan fingerprint density at radius 3 is 2.70 bits per heavy atom. The van der Waals surface area contributed by atoms with Gasteiger partial charge in [-0.3, -0.25) is 19.2 Å². The van der Waals surface area contributed by atoms with E-state index in [-0.39, 0.29) is 24.9 Å². The minimum Gasteiger partial charge on any atom is -0.324 e. The number of likely N-dealkylation sites (N-methyl/N-ethyl adjacent to an activating group) is 1. The largest absolute Gasteiger partial charge is 0.327 e. The van der Waals surface area contributed by atoms with E-state index >= 15 is 0 Å². The molecule has 1 fully saturated rings. The lowest BCUT2D eigenvalue weighted by Gasteiger charge is -2.14. The normalized spacial score (nSPS) is 14.9. The Morgan fingerprint density at radius 1 is 1.30 bits per heavy atom. The van der Waals surface area contributed by atoms with Gasteiger partial charge in [0.1, 0.15) is 13.1 Å². The fourth-order valence-corrected chi connectivity index (χ4v) is 2.67. The van der Waals surface area contributed by atoms with Gasteiger partial charge in [-0.25, -0.2) is 4.79 Å². The van der Waals surface area contributed by atoms with Crippen LogP contribution in [0.25, 0.3) is 10.9 Å². The summed E-state index contributed by atoms with van der Waals surface area (Å²) in [5.41, 5.74) is 2.45. The van der Waals surface area contributed by atoms with E-state index in [4.69, 9.17) is 0 Å². The second-order valence-corrected chi connectivity index (χ2v) is 5.58. The zero-order valence-electron chi connectivity index (χ0n) is 13.2. The average molecular weight is 315 g/mol. The van der Waals surface area contributed by atoms with Crippen LogP contribution in [0.2, 0.25) is 0 Å². The molecule has 0 spiro atoms. The Bertz CT molecular complexity index is 826. The number of anilines is 1. The average Bonchev–Trinajstić information content (AvgIpc) is 2.91. The van der Waals surface area contributed by atoms with Gasteiger partial charge in [-0.15, -0.1) is 0 Å². The molecule has 0 saturated carbocycles. The lowest BCUT2D eigenvalue weighted by atomic mass is 10.2. The first kappa shape index (κ1) is 15.0. The second kappa shape index (κ2) is 5.38. The van der Waals surface area contributed by atoms with Crippen LogP contribution in [0, 0.1) is 6.92 Å². The van der Waals surface area contributed by atoms with Gasteiger partial charge in [0.2, 0.25) is 11.8 Å². The molecule has 3 rings (SSSR count). The molecule has 1 aliphatic rings. The third kappa shape index (κ3) is 2.63. The number of aromatic nitrogens is 2. The van der Waals surface area contributed by atoms with Gasteiger partial charge in [0.05, 0.1) is 11.2 Å². The maximum atomic E-state index is 12.1. The van der Waals surface area contributed by atoms with Gasteiger partial charge in [0.15, 0.2) is 0 Å². The highest BCUT2D eigenvalue weighted by atomic mass is 16.2. The number of fused-ring (bicyclic) bond motifs is 1. The molecule has 2 heterocycles. The molecule has 120 valence electrons. The lowest BCUT2D eigenvalue weighted by Crippen LogP contribution is -2.36. The number of amides is 4. The Labute approximate surface area is 132 Å². The van der Waals surface area contributed by atoms with E-state index in [2.05, 4.69) is 10.4 Å². The van der Waals surface area contributed by atoms with Crippen molar-refractivity contribution in [3.05, 3.63) is 23.9 Å². The van der Waals surface area contributed by atoms with Crippen molar-refractivity contribution < 1.29 is 14.4 Å². The summed E-state index contributed by atoms with van der Waals surface area (Å²) in [6.07, 6.45) is 0. The van der Waals surface area contributed by atoms with Crippen LogP contribution in [0.15, 0.2) is 18.2 Å². The molecule has 2 aromatic rings. The first-order chi connectivity index (χ1) is 10.9. The highest BCUT2D eigenvalue weighted by Gasteiger charge is 2.33. The van der Waals surface area contributed by atoms with Crippen molar-refractivity contribution in [3.8, 4) is 0 Å². The Hall–Kier alpha value is -2.90. The van der Waals surface area contributed by atoms with E-state index in [1.54, 1.807) is 10.7 Å². The summed E-state index contributed by atoms with van der Waals surface area (Å²) < 4.78 is 1.75. The smallest absolute Gasteiger partial charge is 0.324 e. The molecule has 8 nitrogen and oxygen atoms in total. The molecule has 4 amide bonds. The SMILES string of the molecule is Cc1nn(C)c2cc(NC(=O)CN3CC(=O)N(C)C3=O)ccc12. The maximum Gasteiger partial charge on any atom is 0.327 e. The van der Waals surface area contributed by atoms with Crippen molar-refractivity contribution in [1.29, 1.82) is 0 Å². The van der Waals surface area contributed by atoms with Crippen LogP contribution in [0.5, 0.6) is 0 Å². The first-order valence-electron chi connectivity index (χ1n) is 7.15. The van der Waals surface area contributed by atoms with Gasteiger partial charge < -0.3 is 10.2 Å². The highest BCUT2D eigenvalue weighted by Crippen LogP contribution is 2.21. The fourth-order valence-electron chi connectivity index (χ4n) is 2.67. The zero-order chi connectivity index (χ0) is 16.7. The molecule has 1 aromatic heterocycles. The third-order valence-electron chi connectivity index (χ3n) is 3.91. The van der Waals surface area contributed by atoms with E-state index in [1.807, 2.05) is 26.1 Å². The monoisotopic (exact) mass is 315 g/mol. The van der Waals surface area contributed by atoms with Gasteiger partial charge in [-0.2, -0.15) is 5.10 Å². The second-order valence-electron chi connectivity index (χ2n) is 5.58. The molecule has 1 N–H and O–H groups in total. The number of urea groups is 1. The van der Waals surface area contributed by atoms with Gasteiger partial charge in [0.25, 0.3) is 0 Å². The first-order valence-corrected chi connectivity index (χ1v) is 7.15. The minimum atomic E-state index is -0.456. The molecule has 0 bridgehead atoms. The number of hydrogen-bond donors (Lipinski definition) is 1. The molecule has 1 saturated heterocycles. The molecule has 0 unspecified atom stereocenters. The quantitative estimate of drug-likeness (QED) is 0.845. The topological polar surface area (TPSA) is 87.5 Å². The van der Waals surface area contributed by atoms with E-state index in [9.17, 15) is 14.4 Å². The molecule has 0 radical (unpaired) electrons. The number of carbonyl (C=O) groups excluding carboxylic acids is 3. The third-order valence-corrected chi connectivity index (χ3v) is 3.91. The summed E-state index contributed by atoms with van der Waals surface area (Å²) >= 11 is 0. The van der Waals surface area contributed by atoms with Crippen LogP contribution in [0.1, 0.15) is 5.69 Å². The predicted octanol–water partition coefficient (Wildman–Crippen LogP) is 0.714. The maximum absolute atomic E-state index is 12.1. The Kier molecular flexibility index (Phi) is 3.51. The lowest BCUT2D eigenvalue weighted by molar-refractivity contribution is -0.124. The standard InChI is InChI=1S/C15H17N5O3/c1-9-11-5-4-10(6-12(11)19(3)17-9)16-13(21)7-20-8-14(22)18(2)15(20)23/h4-6H,7-8H2,1-3H3,(H,16,21). The van der Waals surface area contributed by atoms with E-state index in [0.717, 1.165) is 21.5 Å². The molecule has 0 atom stereocenters. The molecule has 23 heavy (non-hydrogen) atoms. The number of carbonyl (C=O) groups is 3. The van der Waals surface area contributed by atoms with Crippen LogP contribution in [-0.2, 0) is 16.6 Å². The number of aryl methyl sites for hydroxylation is 2. The summed E-state index contributed by atoms with van der Waals surface area (Å²) in [5.74, 6) is -0.658. The number of nitrogens with one attached hydrogen (secondary N) is 1. The Balaban J connectivity index is 1.72. The van der Waals surface area contributed by atoms with Crippen molar-refractivity contribution >= 4 is 34.4 Å². The van der Waals surface area contributed by atoms with Crippen molar-refractivity contribution in [2.24, 2.45) is 7.05 Å². The van der Waals surface area contributed by atoms with E-state index in [1.165, 1.54) is 11.9 Å². The predicted molar refractivity (Wildman–Crippen MR) is 83.8 cm³/mol. The molecule has 8 heteroatoms.